The van der Waals surface area contributed by atoms with Crippen LogP contribution in [0.4, 0.5) is 0 Å². The standard InChI is InChI=1S/C21H39N5O2/c1-5-22-19(28)21(3,4)15-24-20(23-6-2)25-17-12-13-26(14-17)18(27)16-10-8-7-9-11-16/h16-17H,5-15H2,1-4H3,(H,22,28)(H2,23,24,25). The number of carbonyl (C=O) groups excluding carboxylic acids is 2. The molecule has 7 heteroatoms. The van der Waals surface area contributed by atoms with E-state index in [0.717, 1.165) is 44.9 Å². The second-order valence-electron chi connectivity index (χ2n) is 8.69. The average molecular weight is 394 g/mol. The minimum absolute atomic E-state index is 0.0136. The average Bonchev–Trinajstić information content (AvgIpc) is 3.15. The number of likely N-dealkylation sites (tertiary alicyclic amines) is 1. The van der Waals surface area contributed by atoms with Gasteiger partial charge in [0.25, 0.3) is 0 Å². The van der Waals surface area contributed by atoms with Crippen LogP contribution in [-0.2, 0) is 9.59 Å². The zero-order valence-corrected chi connectivity index (χ0v) is 18.1. The number of hydrogen-bond donors (Lipinski definition) is 3. The van der Waals surface area contributed by atoms with Crippen LogP contribution >= 0.6 is 0 Å². The van der Waals surface area contributed by atoms with Crippen LogP contribution in [0, 0.1) is 11.3 Å². The van der Waals surface area contributed by atoms with Crippen LogP contribution in [0.15, 0.2) is 4.99 Å². The molecule has 1 atom stereocenters. The first-order chi connectivity index (χ1) is 13.4. The van der Waals surface area contributed by atoms with Crippen LogP contribution in [-0.4, -0.2) is 61.4 Å². The first kappa shape index (κ1) is 22.5. The van der Waals surface area contributed by atoms with Crippen LogP contribution in [0.1, 0.15) is 66.2 Å². The van der Waals surface area contributed by atoms with Gasteiger partial charge in [0.15, 0.2) is 5.96 Å². The van der Waals surface area contributed by atoms with Crippen LogP contribution in [0.25, 0.3) is 0 Å². The SMILES string of the molecule is CCNC(=O)C(C)(C)CN=C(NCC)NC1CCN(C(=O)C2CCCCC2)C1. The van der Waals surface area contributed by atoms with Gasteiger partial charge in [0.05, 0.1) is 12.0 Å². The smallest absolute Gasteiger partial charge is 0.227 e. The van der Waals surface area contributed by atoms with Crippen molar-refractivity contribution < 1.29 is 9.59 Å². The van der Waals surface area contributed by atoms with E-state index in [0.29, 0.717) is 19.0 Å². The molecule has 0 spiro atoms. The molecular formula is C21H39N5O2. The molecule has 0 radical (unpaired) electrons. The lowest BCUT2D eigenvalue weighted by Crippen LogP contribution is -2.46. The highest BCUT2D eigenvalue weighted by Gasteiger charge is 2.32. The summed E-state index contributed by atoms with van der Waals surface area (Å²) in [7, 11) is 0. The number of nitrogens with one attached hydrogen (secondary N) is 3. The second kappa shape index (κ2) is 10.7. The number of nitrogens with zero attached hydrogens (tertiary/aromatic N) is 2. The summed E-state index contributed by atoms with van der Waals surface area (Å²) in [5, 5.41) is 9.60. The van der Waals surface area contributed by atoms with E-state index in [1.54, 1.807) is 0 Å². The van der Waals surface area contributed by atoms with Gasteiger partial charge in [0.2, 0.25) is 11.8 Å². The molecule has 28 heavy (non-hydrogen) atoms. The normalized spacial score (nSPS) is 21.5. The Morgan fingerprint density at radius 3 is 2.36 bits per heavy atom. The van der Waals surface area contributed by atoms with Crippen molar-refractivity contribution in [2.75, 3.05) is 32.7 Å². The number of rotatable bonds is 7. The summed E-state index contributed by atoms with van der Waals surface area (Å²) in [5.41, 5.74) is -0.559. The molecule has 2 amide bonds. The van der Waals surface area contributed by atoms with E-state index in [1.165, 1.54) is 19.3 Å². The summed E-state index contributed by atoms with van der Waals surface area (Å²) in [5.74, 6) is 1.30. The van der Waals surface area contributed by atoms with Crippen molar-refractivity contribution in [3.63, 3.8) is 0 Å². The van der Waals surface area contributed by atoms with Gasteiger partial charge >= 0.3 is 0 Å². The molecule has 1 aliphatic carbocycles. The molecular weight excluding hydrogens is 354 g/mol. The topological polar surface area (TPSA) is 85.8 Å². The Balaban J connectivity index is 1.89. The Bertz CT molecular complexity index is 555. The fourth-order valence-electron chi connectivity index (χ4n) is 3.95. The van der Waals surface area contributed by atoms with Crippen molar-refractivity contribution in [3.05, 3.63) is 0 Å². The lowest BCUT2D eigenvalue weighted by molar-refractivity contribution is -0.135. The molecule has 0 aromatic heterocycles. The van der Waals surface area contributed by atoms with E-state index < -0.39 is 5.41 Å². The Kier molecular flexibility index (Phi) is 8.58. The third-order valence-corrected chi connectivity index (χ3v) is 5.72. The van der Waals surface area contributed by atoms with E-state index >= 15 is 0 Å². The van der Waals surface area contributed by atoms with Crippen LogP contribution in [0.3, 0.4) is 0 Å². The monoisotopic (exact) mass is 393 g/mol. The zero-order chi connectivity index (χ0) is 20.6. The highest BCUT2D eigenvalue weighted by Crippen LogP contribution is 2.26. The molecule has 1 heterocycles. The highest BCUT2D eigenvalue weighted by atomic mass is 16.2. The van der Waals surface area contributed by atoms with Crippen LogP contribution in [0.2, 0.25) is 0 Å². The lowest BCUT2D eigenvalue weighted by Gasteiger charge is -2.26. The summed E-state index contributed by atoms with van der Waals surface area (Å²) in [4.78, 5) is 31.6. The first-order valence-corrected chi connectivity index (χ1v) is 11.0. The molecule has 1 aliphatic heterocycles. The Morgan fingerprint density at radius 1 is 1.04 bits per heavy atom. The highest BCUT2D eigenvalue weighted by molar-refractivity contribution is 5.84. The third kappa shape index (κ3) is 6.38. The van der Waals surface area contributed by atoms with Gasteiger partial charge in [-0.2, -0.15) is 0 Å². The maximum atomic E-state index is 12.8. The summed E-state index contributed by atoms with van der Waals surface area (Å²) < 4.78 is 0. The van der Waals surface area contributed by atoms with Gasteiger partial charge in [-0.25, -0.2) is 0 Å². The van der Waals surface area contributed by atoms with Gasteiger partial charge in [0.1, 0.15) is 0 Å². The van der Waals surface area contributed by atoms with Gasteiger partial charge in [-0.3, -0.25) is 14.6 Å². The number of guanidine groups is 1. The Hall–Kier alpha value is -1.79. The molecule has 2 rings (SSSR count). The van der Waals surface area contributed by atoms with Crippen molar-refractivity contribution in [1.29, 1.82) is 0 Å². The summed E-state index contributed by atoms with van der Waals surface area (Å²) in [6.07, 6.45) is 6.67. The fourth-order valence-corrected chi connectivity index (χ4v) is 3.95. The van der Waals surface area contributed by atoms with E-state index in [4.69, 9.17) is 0 Å². The Morgan fingerprint density at radius 2 is 1.71 bits per heavy atom. The van der Waals surface area contributed by atoms with Crippen LogP contribution in [0.5, 0.6) is 0 Å². The van der Waals surface area contributed by atoms with E-state index in [2.05, 4.69) is 20.9 Å². The zero-order valence-electron chi connectivity index (χ0n) is 18.1. The summed E-state index contributed by atoms with van der Waals surface area (Å²) in [6.45, 7) is 11.1. The maximum absolute atomic E-state index is 12.8. The molecule has 2 fully saturated rings. The molecule has 1 unspecified atom stereocenters. The van der Waals surface area contributed by atoms with Crippen molar-refractivity contribution in [2.24, 2.45) is 16.3 Å². The molecule has 1 saturated carbocycles. The summed E-state index contributed by atoms with van der Waals surface area (Å²) in [6, 6.07) is 0.206. The molecule has 160 valence electrons. The van der Waals surface area contributed by atoms with Gasteiger partial charge in [-0.15, -0.1) is 0 Å². The van der Waals surface area contributed by atoms with Crippen molar-refractivity contribution in [3.8, 4) is 0 Å². The fraction of sp³-hybridized carbons (Fsp3) is 0.857. The van der Waals surface area contributed by atoms with Crippen molar-refractivity contribution in [1.82, 2.24) is 20.9 Å². The molecule has 0 aromatic carbocycles. The minimum Gasteiger partial charge on any atom is -0.357 e. The molecule has 0 aromatic rings. The molecule has 0 bridgehead atoms. The Labute approximate surface area is 170 Å². The van der Waals surface area contributed by atoms with Gasteiger partial charge in [-0.05, 0) is 47.0 Å². The predicted octanol–water partition coefficient (Wildman–Crippen LogP) is 1.89. The summed E-state index contributed by atoms with van der Waals surface area (Å²) >= 11 is 0. The number of hydrogen-bond acceptors (Lipinski definition) is 3. The molecule has 2 aliphatic rings. The minimum atomic E-state index is -0.559. The number of amides is 2. The predicted molar refractivity (Wildman–Crippen MR) is 113 cm³/mol. The van der Waals surface area contributed by atoms with E-state index in [9.17, 15) is 9.59 Å². The number of aliphatic imine (C=N–C) groups is 1. The van der Waals surface area contributed by atoms with E-state index in [1.807, 2.05) is 32.6 Å². The lowest BCUT2D eigenvalue weighted by atomic mass is 9.88. The maximum Gasteiger partial charge on any atom is 0.227 e. The first-order valence-electron chi connectivity index (χ1n) is 11.0. The number of carbonyl (C=O) groups is 2. The van der Waals surface area contributed by atoms with Gasteiger partial charge < -0.3 is 20.9 Å². The van der Waals surface area contributed by atoms with Crippen LogP contribution < -0.4 is 16.0 Å². The third-order valence-electron chi connectivity index (χ3n) is 5.72. The second-order valence-corrected chi connectivity index (χ2v) is 8.69. The van der Waals surface area contributed by atoms with Gasteiger partial charge in [-0.1, -0.05) is 19.3 Å². The largest absolute Gasteiger partial charge is 0.357 e. The van der Waals surface area contributed by atoms with Gasteiger partial charge in [0, 0.05) is 38.1 Å². The molecule has 3 N–H and O–H groups in total. The van der Waals surface area contributed by atoms with Crippen molar-refractivity contribution in [2.45, 2.75) is 72.3 Å². The molecule has 7 nitrogen and oxygen atoms in total. The van der Waals surface area contributed by atoms with E-state index in [-0.39, 0.29) is 17.9 Å². The quantitative estimate of drug-likeness (QED) is 0.455. The van der Waals surface area contributed by atoms with Crippen molar-refractivity contribution >= 4 is 17.8 Å². The molecule has 1 saturated heterocycles.